The van der Waals surface area contributed by atoms with E-state index in [2.05, 4.69) is 5.32 Å². The topological polar surface area (TPSA) is 105 Å². The van der Waals surface area contributed by atoms with Gasteiger partial charge < -0.3 is 19.7 Å². The standard InChI is InChI=1S/C31H36ClN3O6S/c1-4-42(38,39)35(25-14-15-28-29(19-25)41-17-16-40-28)21-30(36)34(20-24-12-8-9-13-26(24)32)27(31(37)33-22(2)3)18-23-10-6-5-7-11-23/h5-15,19,22,27H,4,16-18,20-21H2,1-3H3,(H,33,37). The minimum absolute atomic E-state index is 0.00265. The van der Waals surface area contributed by atoms with E-state index >= 15 is 0 Å². The zero-order chi connectivity index (χ0) is 30.3. The maximum absolute atomic E-state index is 14.3. The number of hydrogen-bond donors (Lipinski definition) is 1. The van der Waals surface area contributed by atoms with Gasteiger partial charge in [0.1, 0.15) is 25.8 Å². The smallest absolute Gasteiger partial charge is 0.244 e. The van der Waals surface area contributed by atoms with Gasteiger partial charge >= 0.3 is 0 Å². The molecule has 224 valence electrons. The zero-order valence-corrected chi connectivity index (χ0v) is 25.5. The van der Waals surface area contributed by atoms with Gasteiger partial charge in [0, 0.05) is 30.1 Å². The van der Waals surface area contributed by atoms with E-state index < -0.39 is 28.5 Å². The molecular weight excluding hydrogens is 578 g/mol. The monoisotopic (exact) mass is 613 g/mol. The second-order valence-corrected chi connectivity index (χ2v) is 12.8. The Morgan fingerprint density at radius 2 is 1.62 bits per heavy atom. The predicted octanol–water partition coefficient (Wildman–Crippen LogP) is 4.43. The molecule has 0 spiro atoms. The van der Waals surface area contributed by atoms with Gasteiger partial charge in [-0.15, -0.1) is 0 Å². The van der Waals surface area contributed by atoms with Crippen molar-refractivity contribution < 1.29 is 27.5 Å². The predicted molar refractivity (Wildman–Crippen MR) is 163 cm³/mol. The van der Waals surface area contributed by atoms with Crippen molar-refractivity contribution >= 4 is 39.1 Å². The molecule has 4 rings (SSSR count). The van der Waals surface area contributed by atoms with Gasteiger partial charge in [0.15, 0.2) is 11.5 Å². The van der Waals surface area contributed by atoms with Crippen LogP contribution in [0.2, 0.25) is 5.02 Å². The van der Waals surface area contributed by atoms with E-state index in [1.165, 1.54) is 11.8 Å². The number of nitrogens with one attached hydrogen (secondary N) is 1. The second-order valence-electron chi connectivity index (χ2n) is 10.2. The number of carbonyl (C=O) groups is 2. The molecule has 42 heavy (non-hydrogen) atoms. The highest BCUT2D eigenvalue weighted by Crippen LogP contribution is 2.35. The summed E-state index contributed by atoms with van der Waals surface area (Å²) in [6.45, 7) is 5.39. The van der Waals surface area contributed by atoms with Gasteiger partial charge in [-0.1, -0.05) is 60.1 Å². The first kappa shape index (κ1) is 31.2. The molecule has 0 aromatic heterocycles. The van der Waals surface area contributed by atoms with E-state index in [0.717, 1.165) is 9.87 Å². The van der Waals surface area contributed by atoms with Crippen LogP contribution in [0.25, 0.3) is 0 Å². The number of carbonyl (C=O) groups excluding carboxylic acids is 2. The fourth-order valence-corrected chi connectivity index (χ4v) is 5.90. The molecule has 0 saturated carbocycles. The van der Waals surface area contributed by atoms with Crippen molar-refractivity contribution in [2.45, 2.75) is 45.8 Å². The van der Waals surface area contributed by atoms with Gasteiger partial charge in [0.05, 0.1) is 11.4 Å². The summed E-state index contributed by atoms with van der Waals surface area (Å²) in [5.74, 6) is -0.242. The number of rotatable bonds is 12. The first-order valence-corrected chi connectivity index (χ1v) is 15.8. The Hall–Kier alpha value is -3.76. The number of halogens is 1. The number of amides is 2. The Balaban J connectivity index is 1.76. The van der Waals surface area contributed by atoms with E-state index in [9.17, 15) is 18.0 Å². The van der Waals surface area contributed by atoms with Crippen LogP contribution in [0.4, 0.5) is 5.69 Å². The number of anilines is 1. The summed E-state index contributed by atoms with van der Waals surface area (Å²) in [7, 11) is -3.91. The van der Waals surface area contributed by atoms with E-state index in [0.29, 0.717) is 35.3 Å². The van der Waals surface area contributed by atoms with Crippen molar-refractivity contribution in [1.82, 2.24) is 10.2 Å². The van der Waals surface area contributed by atoms with Crippen LogP contribution >= 0.6 is 11.6 Å². The Morgan fingerprint density at radius 1 is 0.952 bits per heavy atom. The van der Waals surface area contributed by atoms with E-state index in [1.54, 1.807) is 42.5 Å². The molecule has 0 fully saturated rings. The molecule has 1 aliphatic rings. The van der Waals surface area contributed by atoms with Crippen molar-refractivity contribution in [2.75, 3.05) is 29.8 Å². The van der Waals surface area contributed by atoms with Gasteiger partial charge in [-0.25, -0.2) is 8.42 Å². The number of ether oxygens (including phenoxy) is 2. The van der Waals surface area contributed by atoms with Gasteiger partial charge in [-0.2, -0.15) is 0 Å². The van der Waals surface area contributed by atoms with Crippen molar-refractivity contribution in [3.05, 3.63) is 88.9 Å². The fourth-order valence-electron chi connectivity index (χ4n) is 4.65. The van der Waals surface area contributed by atoms with Crippen LogP contribution in [0.1, 0.15) is 31.9 Å². The molecule has 2 amide bonds. The SMILES string of the molecule is CCS(=O)(=O)N(CC(=O)N(Cc1ccccc1Cl)C(Cc1ccccc1)C(=O)NC(C)C)c1ccc2c(c1)OCCO2. The summed E-state index contributed by atoms with van der Waals surface area (Å²) >= 11 is 6.50. The van der Waals surface area contributed by atoms with Crippen LogP contribution in [0.15, 0.2) is 72.8 Å². The number of benzene rings is 3. The summed E-state index contributed by atoms with van der Waals surface area (Å²) in [4.78, 5) is 29.3. The minimum atomic E-state index is -3.91. The second kappa shape index (κ2) is 13.9. The Morgan fingerprint density at radius 3 is 2.29 bits per heavy atom. The van der Waals surface area contributed by atoms with Crippen LogP contribution in [-0.4, -0.2) is 62.7 Å². The summed E-state index contributed by atoms with van der Waals surface area (Å²) in [5, 5.41) is 3.36. The molecule has 1 heterocycles. The molecule has 1 aliphatic heterocycles. The lowest BCUT2D eigenvalue weighted by Gasteiger charge is -2.34. The Labute approximate surface area is 252 Å². The number of hydrogen-bond acceptors (Lipinski definition) is 6. The van der Waals surface area contributed by atoms with E-state index in [4.69, 9.17) is 21.1 Å². The molecular formula is C31H36ClN3O6S. The molecule has 1 unspecified atom stereocenters. The lowest BCUT2D eigenvalue weighted by Crippen LogP contribution is -2.54. The van der Waals surface area contributed by atoms with Crippen molar-refractivity contribution in [3.8, 4) is 11.5 Å². The third-order valence-electron chi connectivity index (χ3n) is 6.79. The van der Waals surface area contributed by atoms with Crippen LogP contribution in [-0.2, 0) is 32.6 Å². The Kier molecular flexibility index (Phi) is 10.3. The molecule has 0 radical (unpaired) electrons. The lowest BCUT2D eigenvalue weighted by molar-refractivity contribution is -0.140. The average molecular weight is 614 g/mol. The third-order valence-corrected chi connectivity index (χ3v) is 8.90. The minimum Gasteiger partial charge on any atom is -0.486 e. The molecule has 3 aromatic rings. The summed E-state index contributed by atoms with van der Waals surface area (Å²) in [5.41, 5.74) is 1.74. The molecule has 0 saturated heterocycles. The molecule has 11 heteroatoms. The van der Waals surface area contributed by atoms with Crippen LogP contribution in [0.3, 0.4) is 0 Å². The maximum Gasteiger partial charge on any atom is 0.244 e. The normalized spacial score (nSPS) is 13.4. The highest BCUT2D eigenvalue weighted by molar-refractivity contribution is 7.92. The van der Waals surface area contributed by atoms with Gasteiger partial charge in [0.2, 0.25) is 21.8 Å². The first-order chi connectivity index (χ1) is 20.1. The molecule has 0 bridgehead atoms. The fraction of sp³-hybridized carbons (Fsp3) is 0.355. The summed E-state index contributed by atoms with van der Waals surface area (Å²) < 4.78 is 39.0. The summed E-state index contributed by atoms with van der Waals surface area (Å²) in [6, 6.07) is 20.1. The van der Waals surface area contributed by atoms with Crippen LogP contribution < -0.4 is 19.1 Å². The van der Waals surface area contributed by atoms with Crippen molar-refractivity contribution in [2.24, 2.45) is 0 Å². The largest absolute Gasteiger partial charge is 0.486 e. The molecule has 9 nitrogen and oxygen atoms in total. The van der Waals surface area contributed by atoms with E-state index in [1.807, 2.05) is 44.2 Å². The van der Waals surface area contributed by atoms with E-state index in [-0.39, 0.29) is 36.4 Å². The molecule has 0 aliphatic carbocycles. The lowest BCUT2D eigenvalue weighted by atomic mass is 10.0. The average Bonchev–Trinajstić information content (AvgIpc) is 2.98. The van der Waals surface area contributed by atoms with Crippen LogP contribution in [0, 0.1) is 0 Å². The van der Waals surface area contributed by atoms with Crippen molar-refractivity contribution in [3.63, 3.8) is 0 Å². The van der Waals surface area contributed by atoms with Crippen LogP contribution in [0.5, 0.6) is 11.5 Å². The molecule has 3 aromatic carbocycles. The number of nitrogens with zero attached hydrogens (tertiary/aromatic N) is 2. The first-order valence-electron chi connectivity index (χ1n) is 13.9. The zero-order valence-electron chi connectivity index (χ0n) is 24.0. The van der Waals surface area contributed by atoms with Gasteiger partial charge in [0.25, 0.3) is 0 Å². The van der Waals surface area contributed by atoms with Crippen molar-refractivity contribution in [1.29, 1.82) is 0 Å². The quantitative estimate of drug-likeness (QED) is 0.324. The van der Waals surface area contributed by atoms with Gasteiger partial charge in [-0.05, 0) is 50.1 Å². The molecule has 1 atom stereocenters. The summed E-state index contributed by atoms with van der Waals surface area (Å²) in [6.07, 6.45) is 0.222. The number of fused-ring (bicyclic) bond motifs is 1. The van der Waals surface area contributed by atoms with Gasteiger partial charge in [-0.3, -0.25) is 13.9 Å². The molecule has 1 N–H and O–H groups in total. The Bertz CT molecular complexity index is 1500. The highest BCUT2D eigenvalue weighted by atomic mass is 35.5. The third kappa shape index (κ3) is 7.74. The maximum atomic E-state index is 14.3. The number of sulfonamides is 1. The highest BCUT2D eigenvalue weighted by Gasteiger charge is 2.34.